The molecule has 1 heterocycles. The van der Waals surface area contributed by atoms with E-state index < -0.39 is 5.97 Å². The van der Waals surface area contributed by atoms with Crippen molar-refractivity contribution < 1.29 is 19.4 Å². The minimum Gasteiger partial charge on any atom is -0.497 e. The molecular formula is C19H16ClNO4. The number of benzene rings is 2. The van der Waals surface area contributed by atoms with E-state index in [1.54, 1.807) is 56.5 Å². The highest BCUT2D eigenvalue weighted by molar-refractivity contribution is 6.30. The number of carboxylic acid groups (broad SMARTS) is 1. The van der Waals surface area contributed by atoms with Gasteiger partial charge in [0.25, 0.3) is 5.91 Å². The minimum absolute atomic E-state index is 0.170. The van der Waals surface area contributed by atoms with Gasteiger partial charge < -0.3 is 9.84 Å². The fraction of sp³-hybridized carbons (Fsp3) is 0.158. The van der Waals surface area contributed by atoms with Crippen molar-refractivity contribution in [2.24, 2.45) is 0 Å². The molecule has 0 aliphatic rings. The number of carboxylic acids is 1. The van der Waals surface area contributed by atoms with Crippen molar-refractivity contribution in [3.63, 3.8) is 0 Å². The summed E-state index contributed by atoms with van der Waals surface area (Å²) in [5.41, 5.74) is 2.32. The van der Waals surface area contributed by atoms with Gasteiger partial charge >= 0.3 is 5.97 Å². The van der Waals surface area contributed by atoms with Crippen LogP contribution in [0.4, 0.5) is 0 Å². The number of rotatable bonds is 4. The number of hydrogen-bond acceptors (Lipinski definition) is 3. The van der Waals surface area contributed by atoms with Crippen LogP contribution < -0.4 is 4.74 Å². The van der Waals surface area contributed by atoms with Gasteiger partial charge in [0.1, 0.15) is 5.75 Å². The number of carbonyl (C=O) groups is 2. The van der Waals surface area contributed by atoms with Gasteiger partial charge in [-0.05, 0) is 55.0 Å². The van der Waals surface area contributed by atoms with Gasteiger partial charge in [-0.1, -0.05) is 11.6 Å². The van der Waals surface area contributed by atoms with E-state index in [9.17, 15) is 14.7 Å². The molecule has 5 nitrogen and oxygen atoms in total. The summed E-state index contributed by atoms with van der Waals surface area (Å²) in [7, 11) is 1.54. The maximum absolute atomic E-state index is 13.0. The van der Waals surface area contributed by atoms with Crippen molar-refractivity contribution >= 4 is 34.4 Å². The quantitative estimate of drug-likeness (QED) is 0.714. The summed E-state index contributed by atoms with van der Waals surface area (Å²) in [4.78, 5) is 24.3. The Morgan fingerprint density at radius 2 is 1.84 bits per heavy atom. The number of hydrogen-bond donors (Lipinski definition) is 1. The van der Waals surface area contributed by atoms with Gasteiger partial charge in [-0.2, -0.15) is 0 Å². The van der Waals surface area contributed by atoms with Gasteiger partial charge in [-0.25, -0.2) is 0 Å². The lowest BCUT2D eigenvalue weighted by molar-refractivity contribution is -0.136. The lowest BCUT2D eigenvalue weighted by Gasteiger charge is -2.08. The van der Waals surface area contributed by atoms with E-state index >= 15 is 0 Å². The second-order valence-electron chi connectivity index (χ2n) is 5.67. The first kappa shape index (κ1) is 17.0. The second-order valence-corrected chi connectivity index (χ2v) is 6.10. The number of ether oxygens (including phenoxy) is 1. The average molecular weight is 363 g/mol. The Labute approximate surface area is 149 Å². The van der Waals surface area contributed by atoms with Crippen LogP contribution in [0.1, 0.15) is 21.6 Å². The number of nitrogens with zero attached hydrogens (tertiary/aromatic N) is 1. The lowest BCUT2D eigenvalue weighted by Crippen LogP contribution is -2.14. The largest absolute Gasteiger partial charge is 0.497 e. The Hall–Kier alpha value is -2.79. The maximum Gasteiger partial charge on any atom is 0.307 e. The van der Waals surface area contributed by atoms with Crippen LogP contribution in [0.15, 0.2) is 42.5 Å². The van der Waals surface area contributed by atoms with E-state index in [1.165, 1.54) is 4.57 Å². The van der Waals surface area contributed by atoms with Gasteiger partial charge in [-0.15, -0.1) is 0 Å². The molecule has 0 fully saturated rings. The van der Waals surface area contributed by atoms with E-state index in [2.05, 4.69) is 0 Å². The van der Waals surface area contributed by atoms with Crippen LogP contribution >= 0.6 is 11.6 Å². The molecule has 0 saturated heterocycles. The molecule has 6 heteroatoms. The zero-order chi connectivity index (χ0) is 18.1. The van der Waals surface area contributed by atoms with Gasteiger partial charge in [0.05, 0.1) is 19.0 Å². The summed E-state index contributed by atoms with van der Waals surface area (Å²) < 4.78 is 6.77. The smallest absolute Gasteiger partial charge is 0.307 e. The molecule has 0 amide bonds. The Balaban J connectivity index is 2.23. The molecular weight excluding hydrogens is 347 g/mol. The first-order valence-corrected chi connectivity index (χ1v) is 8.00. The third-order valence-corrected chi connectivity index (χ3v) is 4.42. The predicted molar refractivity (Wildman–Crippen MR) is 95.7 cm³/mol. The van der Waals surface area contributed by atoms with Gasteiger partial charge in [0.2, 0.25) is 0 Å². The number of aromatic nitrogens is 1. The van der Waals surface area contributed by atoms with Crippen molar-refractivity contribution in [1.82, 2.24) is 4.57 Å². The molecule has 1 N–H and O–H groups in total. The molecule has 0 spiro atoms. The number of carbonyl (C=O) groups excluding carboxylic acids is 1. The van der Waals surface area contributed by atoms with Crippen LogP contribution in [0.5, 0.6) is 5.75 Å². The minimum atomic E-state index is -0.955. The molecule has 0 saturated carbocycles. The molecule has 1 aromatic heterocycles. The van der Waals surface area contributed by atoms with Crippen LogP contribution in [0, 0.1) is 6.92 Å². The van der Waals surface area contributed by atoms with E-state index in [-0.39, 0.29) is 12.3 Å². The van der Waals surface area contributed by atoms with Crippen LogP contribution in [0.3, 0.4) is 0 Å². The Morgan fingerprint density at radius 3 is 2.44 bits per heavy atom. The molecule has 0 unspecified atom stereocenters. The number of fused-ring (bicyclic) bond motifs is 1. The van der Waals surface area contributed by atoms with Gasteiger partial charge in [-0.3, -0.25) is 14.2 Å². The fourth-order valence-electron chi connectivity index (χ4n) is 2.95. The molecule has 3 rings (SSSR count). The summed E-state index contributed by atoms with van der Waals surface area (Å²) in [6.07, 6.45) is -0.170. The maximum atomic E-state index is 13.0. The highest BCUT2D eigenvalue weighted by Crippen LogP contribution is 2.30. The highest BCUT2D eigenvalue weighted by Gasteiger charge is 2.21. The van der Waals surface area contributed by atoms with Crippen molar-refractivity contribution in [2.75, 3.05) is 7.11 Å². The normalized spacial score (nSPS) is 10.8. The molecule has 128 valence electrons. The average Bonchev–Trinajstić information content (AvgIpc) is 2.86. The molecule has 25 heavy (non-hydrogen) atoms. The van der Waals surface area contributed by atoms with Gasteiger partial charge in [0, 0.05) is 21.7 Å². The van der Waals surface area contributed by atoms with Crippen LogP contribution in [0.25, 0.3) is 10.9 Å². The molecule has 0 bridgehead atoms. The first-order chi connectivity index (χ1) is 11.9. The van der Waals surface area contributed by atoms with Crippen molar-refractivity contribution in [3.8, 4) is 5.75 Å². The third-order valence-electron chi connectivity index (χ3n) is 4.16. The molecule has 0 radical (unpaired) electrons. The molecule has 3 aromatic rings. The zero-order valence-corrected chi connectivity index (χ0v) is 14.5. The molecule has 0 atom stereocenters. The summed E-state index contributed by atoms with van der Waals surface area (Å²) in [6.45, 7) is 1.75. The van der Waals surface area contributed by atoms with Crippen LogP contribution in [0.2, 0.25) is 5.02 Å². The van der Waals surface area contributed by atoms with E-state index in [4.69, 9.17) is 16.3 Å². The summed E-state index contributed by atoms with van der Waals surface area (Å²) >= 11 is 5.89. The van der Waals surface area contributed by atoms with E-state index in [0.29, 0.717) is 38.5 Å². The predicted octanol–water partition coefficient (Wildman–Crippen LogP) is 3.93. The van der Waals surface area contributed by atoms with E-state index in [0.717, 1.165) is 0 Å². The molecule has 0 aliphatic carbocycles. The Morgan fingerprint density at radius 1 is 1.16 bits per heavy atom. The topological polar surface area (TPSA) is 68.5 Å². The first-order valence-electron chi connectivity index (χ1n) is 7.62. The van der Waals surface area contributed by atoms with Crippen molar-refractivity contribution in [2.45, 2.75) is 13.3 Å². The number of aliphatic carboxylic acids is 1. The van der Waals surface area contributed by atoms with Crippen molar-refractivity contribution in [1.29, 1.82) is 0 Å². The zero-order valence-electron chi connectivity index (χ0n) is 13.7. The third kappa shape index (κ3) is 3.10. The highest BCUT2D eigenvalue weighted by atomic mass is 35.5. The Bertz CT molecular complexity index is 973. The molecule has 0 aliphatic heterocycles. The summed E-state index contributed by atoms with van der Waals surface area (Å²) in [5, 5.41) is 10.5. The summed E-state index contributed by atoms with van der Waals surface area (Å²) in [5.74, 6) is -0.583. The van der Waals surface area contributed by atoms with Crippen LogP contribution in [-0.4, -0.2) is 28.7 Å². The Kier molecular flexibility index (Phi) is 4.51. The summed E-state index contributed by atoms with van der Waals surface area (Å²) in [6, 6.07) is 11.9. The van der Waals surface area contributed by atoms with Gasteiger partial charge in [0.15, 0.2) is 0 Å². The van der Waals surface area contributed by atoms with E-state index in [1.807, 2.05) is 0 Å². The lowest BCUT2D eigenvalue weighted by atomic mass is 10.2. The molecule has 2 aromatic carbocycles. The monoisotopic (exact) mass is 362 g/mol. The SMILES string of the molecule is COc1ccc2c(c1)[13c]([13CH2][13C](=O)O)[13c]([13CH3])n2C(=O)c1ccc(Cl)cc1. The number of methoxy groups -OCH3 is 1. The number of halogens is 1. The van der Waals surface area contributed by atoms with Crippen LogP contribution in [-0.2, 0) is 11.2 Å². The standard InChI is InChI=1S/C19H16ClNO4/c1-11-15(10-18(22)23)16-9-14(25-2)7-8-17(16)21(11)19(24)12-3-5-13(20)6-4-12/h3-9H,10H2,1-2H3,(H,22,23)/i1+1,10+1,11+1,15+1,18+1. The van der Waals surface area contributed by atoms with Crippen molar-refractivity contribution in [3.05, 3.63) is 64.3 Å². The fourth-order valence-corrected chi connectivity index (χ4v) is 3.07. The second kappa shape index (κ2) is 6.61.